The van der Waals surface area contributed by atoms with Crippen molar-refractivity contribution < 1.29 is 22.7 Å². The Morgan fingerprint density at radius 1 is 1.05 bits per heavy atom. The first-order chi connectivity index (χ1) is 17.6. The van der Waals surface area contributed by atoms with Gasteiger partial charge in [-0.1, -0.05) is 24.3 Å². The fourth-order valence-corrected chi connectivity index (χ4v) is 3.89. The molecule has 10 heteroatoms. The minimum absolute atomic E-state index is 0.197. The molecule has 0 aliphatic rings. The molecule has 0 radical (unpaired) electrons. The number of halogens is 3. The number of nitrogens with zero attached hydrogens (tertiary/aromatic N) is 3. The van der Waals surface area contributed by atoms with Crippen molar-refractivity contribution in [3.05, 3.63) is 94.5 Å². The third-order valence-electron chi connectivity index (χ3n) is 5.95. The number of anilines is 1. The number of aromatic nitrogens is 2. The number of benzene rings is 3. The molecule has 3 aromatic carbocycles. The van der Waals surface area contributed by atoms with E-state index >= 15 is 0 Å². The fraction of sp³-hybridized carbons (Fsp3) is 0.222. The maximum Gasteiger partial charge on any atom is 0.416 e. The van der Waals surface area contributed by atoms with Crippen LogP contribution in [0.3, 0.4) is 0 Å². The van der Waals surface area contributed by atoms with E-state index in [9.17, 15) is 22.8 Å². The Labute approximate surface area is 211 Å². The zero-order valence-electron chi connectivity index (χ0n) is 20.4. The van der Waals surface area contributed by atoms with Crippen LogP contribution in [-0.2, 0) is 6.18 Å². The third-order valence-corrected chi connectivity index (χ3v) is 5.95. The highest BCUT2D eigenvalue weighted by Gasteiger charge is 2.30. The molecule has 1 unspecified atom stereocenters. The van der Waals surface area contributed by atoms with E-state index < -0.39 is 23.8 Å². The van der Waals surface area contributed by atoms with Crippen LogP contribution in [0, 0.1) is 0 Å². The minimum atomic E-state index is -4.48. The zero-order valence-corrected chi connectivity index (χ0v) is 20.4. The van der Waals surface area contributed by atoms with Gasteiger partial charge in [-0.3, -0.25) is 9.36 Å². The Morgan fingerprint density at radius 2 is 1.70 bits per heavy atom. The second-order valence-corrected chi connectivity index (χ2v) is 8.32. The topological polar surface area (TPSA) is 76.5 Å². The molecular formula is C27H25F3N4O3. The van der Waals surface area contributed by atoms with Crippen molar-refractivity contribution in [3.63, 3.8) is 0 Å². The Kier molecular flexibility index (Phi) is 7.19. The standard InChI is InChI=1S/C27H25F3N4O3/c1-4-37-23-12-8-7-11-22(23)34-24(32-21-10-6-5-9-20(21)25(34)35)17(2)33(3)26(36)31-19-15-13-18(14-16-19)27(28,29)30/h5-17H,4H2,1-3H3,(H,31,36). The molecule has 192 valence electrons. The largest absolute Gasteiger partial charge is 0.492 e. The van der Waals surface area contributed by atoms with Crippen LogP contribution in [0.2, 0.25) is 0 Å². The number of hydrogen-bond donors (Lipinski definition) is 1. The lowest BCUT2D eigenvalue weighted by atomic mass is 10.2. The first kappa shape index (κ1) is 25.7. The summed E-state index contributed by atoms with van der Waals surface area (Å²) in [5.74, 6) is 0.774. The smallest absolute Gasteiger partial charge is 0.416 e. The number of urea groups is 1. The molecule has 0 aliphatic heterocycles. The van der Waals surface area contributed by atoms with E-state index in [-0.39, 0.29) is 11.2 Å². The highest BCUT2D eigenvalue weighted by Crippen LogP contribution is 2.30. The molecule has 0 saturated carbocycles. The number of carbonyl (C=O) groups excluding carboxylic acids is 1. The predicted molar refractivity (Wildman–Crippen MR) is 135 cm³/mol. The number of ether oxygens (including phenoxy) is 1. The van der Waals surface area contributed by atoms with Gasteiger partial charge in [-0.2, -0.15) is 13.2 Å². The summed E-state index contributed by atoms with van der Waals surface area (Å²) in [5.41, 5.74) is 0.00496. The second-order valence-electron chi connectivity index (χ2n) is 8.32. The Morgan fingerprint density at radius 3 is 2.38 bits per heavy atom. The Bertz CT molecular complexity index is 1480. The number of rotatable bonds is 6. The van der Waals surface area contributed by atoms with Crippen LogP contribution in [0.1, 0.15) is 31.3 Å². The number of fused-ring (bicyclic) bond motifs is 1. The van der Waals surface area contributed by atoms with Crippen LogP contribution >= 0.6 is 0 Å². The van der Waals surface area contributed by atoms with Gasteiger partial charge in [0, 0.05) is 12.7 Å². The van der Waals surface area contributed by atoms with Gasteiger partial charge in [0.2, 0.25) is 0 Å². The molecule has 0 spiro atoms. The molecule has 7 nitrogen and oxygen atoms in total. The van der Waals surface area contributed by atoms with Crippen LogP contribution in [-0.4, -0.2) is 34.1 Å². The zero-order chi connectivity index (χ0) is 26.7. The lowest BCUT2D eigenvalue weighted by Crippen LogP contribution is -2.37. The number of amides is 2. The molecular weight excluding hydrogens is 485 g/mol. The molecule has 0 bridgehead atoms. The molecule has 1 aromatic heterocycles. The first-order valence-corrected chi connectivity index (χ1v) is 11.6. The average Bonchev–Trinajstić information content (AvgIpc) is 2.88. The summed E-state index contributed by atoms with van der Waals surface area (Å²) >= 11 is 0. The Hall–Kier alpha value is -4.34. The van der Waals surface area contributed by atoms with Gasteiger partial charge in [0.25, 0.3) is 5.56 Å². The van der Waals surface area contributed by atoms with Crippen molar-refractivity contribution in [2.24, 2.45) is 0 Å². The SMILES string of the molecule is CCOc1ccccc1-n1c(C(C)N(C)C(=O)Nc2ccc(C(F)(F)F)cc2)nc2ccccc2c1=O. The van der Waals surface area contributed by atoms with E-state index in [4.69, 9.17) is 9.72 Å². The molecule has 37 heavy (non-hydrogen) atoms. The van der Waals surface area contributed by atoms with Crippen molar-refractivity contribution in [1.29, 1.82) is 0 Å². The average molecular weight is 511 g/mol. The van der Waals surface area contributed by atoms with E-state index in [1.54, 1.807) is 55.5 Å². The number of hydrogen-bond acceptors (Lipinski definition) is 4. The lowest BCUT2D eigenvalue weighted by Gasteiger charge is -2.27. The number of alkyl halides is 3. The van der Waals surface area contributed by atoms with E-state index in [1.165, 1.54) is 28.6 Å². The molecule has 1 heterocycles. The molecule has 1 N–H and O–H groups in total. The van der Waals surface area contributed by atoms with E-state index in [1.807, 2.05) is 6.92 Å². The quantitative estimate of drug-likeness (QED) is 0.344. The van der Waals surface area contributed by atoms with Crippen LogP contribution in [0.25, 0.3) is 16.6 Å². The summed E-state index contributed by atoms with van der Waals surface area (Å²) in [6.07, 6.45) is -4.48. The second kappa shape index (κ2) is 10.3. The number of nitrogens with one attached hydrogen (secondary N) is 1. The van der Waals surface area contributed by atoms with Crippen LogP contribution in [0.5, 0.6) is 5.75 Å². The maximum absolute atomic E-state index is 13.7. The molecule has 0 aliphatic carbocycles. The minimum Gasteiger partial charge on any atom is -0.492 e. The third kappa shape index (κ3) is 5.28. The maximum atomic E-state index is 13.7. The summed E-state index contributed by atoms with van der Waals surface area (Å²) in [4.78, 5) is 32.7. The predicted octanol–water partition coefficient (Wildman–Crippen LogP) is 6.03. The molecule has 4 aromatic rings. The van der Waals surface area contributed by atoms with Crippen LogP contribution < -0.4 is 15.6 Å². The van der Waals surface area contributed by atoms with Gasteiger partial charge >= 0.3 is 12.2 Å². The summed E-state index contributed by atoms with van der Waals surface area (Å²) < 4.78 is 45.8. The van der Waals surface area contributed by atoms with E-state index in [0.29, 0.717) is 34.8 Å². The van der Waals surface area contributed by atoms with Gasteiger partial charge in [0.05, 0.1) is 34.8 Å². The van der Waals surface area contributed by atoms with E-state index in [0.717, 1.165) is 12.1 Å². The van der Waals surface area contributed by atoms with Gasteiger partial charge in [-0.25, -0.2) is 9.78 Å². The van der Waals surface area contributed by atoms with Gasteiger partial charge in [0.1, 0.15) is 11.6 Å². The summed E-state index contributed by atoms with van der Waals surface area (Å²) in [5, 5.41) is 3.00. The van der Waals surface area contributed by atoms with Crippen molar-refractivity contribution >= 4 is 22.6 Å². The fourth-order valence-electron chi connectivity index (χ4n) is 3.89. The normalized spacial score (nSPS) is 12.3. The number of para-hydroxylation sites is 3. The van der Waals surface area contributed by atoms with Gasteiger partial charge in [-0.15, -0.1) is 0 Å². The Balaban J connectivity index is 1.74. The van der Waals surface area contributed by atoms with Gasteiger partial charge in [0.15, 0.2) is 0 Å². The highest BCUT2D eigenvalue weighted by molar-refractivity contribution is 5.89. The summed E-state index contributed by atoms with van der Waals surface area (Å²) in [6.45, 7) is 3.93. The molecule has 4 rings (SSSR count). The van der Waals surface area contributed by atoms with E-state index in [2.05, 4.69) is 5.32 Å². The number of carbonyl (C=O) groups is 1. The van der Waals surface area contributed by atoms with Gasteiger partial charge < -0.3 is 15.0 Å². The molecule has 1 atom stereocenters. The van der Waals surface area contributed by atoms with Crippen molar-refractivity contribution in [2.45, 2.75) is 26.1 Å². The van der Waals surface area contributed by atoms with Gasteiger partial charge in [-0.05, 0) is 62.4 Å². The van der Waals surface area contributed by atoms with Crippen LogP contribution in [0.4, 0.5) is 23.7 Å². The van der Waals surface area contributed by atoms with Crippen LogP contribution in [0.15, 0.2) is 77.6 Å². The summed E-state index contributed by atoms with van der Waals surface area (Å²) in [7, 11) is 1.52. The monoisotopic (exact) mass is 510 g/mol. The molecule has 0 fully saturated rings. The lowest BCUT2D eigenvalue weighted by molar-refractivity contribution is -0.137. The molecule has 2 amide bonds. The first-order valence-electron chi connectivity index (χ1n) is 11.6. The molecule has 0 saturated heterocycles. The van der Waals surface area contributed by atoms with Crippen molar-refractivity contribution in [1.82, 2.24) is 14.5 Å². The van der Waals surface area contributed by atoms with Crippen molar-refractivity contribution in [2.75, 3.05) is 19.0 Å². The van der Waals surface area contributed by atoms with Crippen molar-refractivity contribution in [3.8, 4) is 11.4 Å². The highest BCUT2D eigenvalue weighted by atomic mass is 19.4. The summed E-state index contributed by atoms with van der Waals surface area (Å²) in [6, 6.07) is 16.8.